The Morgan fingerprint density at radius 2 is 2.22 bits per heavy atom. The highest BCUT2D eigenvalue weighted by Gasteiger charge is 2.35. The highest BCUT2D eigenvalue weighted by molar-refractivity contribution is 5.69. The fourth-order valence-electron chi connectivity index (χ4n) is 1.75. The van der Waals surface area contributed by atoms with Crippen molar-refractivity contribution in [3.05, 3.63) is 18.2 Å². The molecule has 5 heteroatoms. The molecule has 1 fully saturated rings. The zero-order chi connectivity index (χ0) is 13.3. The first kappa shape index (κ1) is 12.9. The Kier molecular flexibility index (Phi) is 3.32. The molecule has 18 heavy (non-hydrogen) atoms. The highest BCUT2D eigenvalue weighted by atomic mass is 16.6. The van der Waals surface area contributed by atoms with Gasteiger partial charge in [0.25, 0.3) is 0 Å². The first-order chi connectivity index (χ1) is 8.37. The molecule has 1 aromatic heterocycles. The molecule has 100 valence electrons. The molecule has 0 aromatic carbocycles. The van der Waals surface area contributed by atoms with Gasteiger partial charge in [-0.1, -0.05) is 0 Å². The maximum atomic E-state index is 12.1. The molecule has 0 atom stereocenters. The van der Waals surface area contributed by atoms with Gasteiger partial charge in [0.15, 0.2) is 0 Å². The maximum absolute atomic E-state index is 12.1. The van der Waals surface area contributed by atoms with Gasteiger partial charge >= 0.3 is 6.09 Å². The van der Waals surface area contributed by atoms with Crippen LogP contribution in [0.25, 0.3) is 0 Å². The van der Waals surface area contributed by atoms with Crippen molar-refractivity contribution in [2.45, 2.75) is 51.8 Å². The summed E-state index contributed by atoms with van der Waals surface area (Å²) in [5.41, 5.74) is -0.453. The standard InChI is InChI=1S/C13H21N3O2/c1-13(2,3)18-12(17)16(10-5-6-10)9-11-14-7-8-15(11)4/h7-8,10H,5-6,9H2,1-4H3. The van der Waals surface area contributed by atoms with E-state index in [0.717, 1.165) is 18.7 Å². The number of aromatic nitrogens is 2. The number of aryl methyl sites for hydroxylation is 1. The van der Waals surface area contributed by atoms with E-state index in [2.05, 4.69) is 4.98 Å². The molecule has 1 aromatic rings. The number of carbonyl (C=O) groups is 1. The molecule has 0 radical (unpaired) electrons. The van der Waals surface area contributed by atoms with E-state index in [1.807, 2.05) is 38.6 Å². The average molecular weight is 251 g/mol. The molecule has 2 rings (SSSR count). The Labute approximate surface area is 108 Å². The van der Waals surface area contributed by atoms with Crippen LogP contribution in [0.1, 0.15) is 39.4 Å². The van der Waals surface area contributed by atoms with E-state index in [0.29, 0.717) is 12.6 Å². The second-order valence-corrected chi connectivity index (χ2v) is 5.79. The SMILES string of the molecule is Cn1ccnc1CN(C(=O)OC(C)(C)C)C1CC1. The molecule has 1 amide bonds. The monoisotopic (exact) mass is 251 g/mol. The molecule has 0 saturated heterocycles. The van der Waals surface area contributed by atoms with Crippen LogP contribution in [0.3, 0.4) is 0 Å². The lowest BCUT2D eigenvalue weighted by Crippen LogP contribution is -2.38. The summed E-state index contributed by atoms with van der Waals surface area (Å²) < 4.78 is 7.37. The third-order valence-electron chi connectivity index (χ3n) is 2.85. The molecule has 1 saturated carbocycles. The van der Waals surface area contributed by atoms with Crippen molar-refractivity contribution in [1.29, 1.82) is 0 Å². The molecule has 1 aliphatic rings. The van der Waals surface area contributed by atoms with Crippen molar-refractivity contribution < 1.29 is 9.53 Å². The summed E-state index contributed by atoms with van der Waals surface area (Å²) in [5, 5.41) is 0. The quantitative estimate of drug-likeness (QED) is 0.828. The highest BCUT2D eigenvalue weighted by Crippen LogP contribution is 2.29. The van der Waals surface area contributed by atoms with Gasteiger partial charge in [-0.3, -0.25) is 4.90 Å². The van der Waals surface area contributed by atoms with Gasteiger partial charge in [0.2, 0.25) is 0 Å². The average Bonchev–Trinajstić information content (AvgIpc) is 2.97. The van der Waals surface area contributed by atoms with Gasteiger partial charge in [-0.25, -0.2) is 9.78 Å². The Morgan fingerprint density at radius 1 is 1.56 bits per heavy atom. The van der Waals surface area contributed by atoms with E-state index in [-0.39, 0.29) is 6.09 Å². The number of amides is 1. The zero-order valence-electron chi connectivity index (χ0n) is 11.5. The van der Waals surface area contributed by atoms with Gasteiger partial charge < -0.3 is 9.30 Å². The fourth-order valence-corrected chi connectivity index (χ4v) is 1.75. The Bertz CT molecular complexity index is 430. The minimum absolute atomic E-state index is 0.243. The summed E-state index contributed by atoms with van der Waals surface area (Å²) in [6, 6.07) is 0.316. The van der Waals surface area contributed by atoms with Crippen LogP contribution in [0, 0.1) is 0 Å². The summed E-state index contributed by atoms with van der Waals surface area (Å²) in [6.07, 6.45) is 5.51. The van der Waals surface area contributed by atoms with Gasteiger partial charge in [-0.05, 0) is 33.6 Å². The molecule has 0 N–H and O–H groups in total. The lowest BCUT2D eigenvalue weighted by molar-refractivity contribution is 0.0210. The molecule has 0 spiro atoms. The number of hydrogen-bond acceptors (Lipinski definition) is 3. The van der Waals surface area contributed by atoms with E-state index in [1.165, 1.54) is 0 Å². The maximum Gasteiger partial charge on any atom is 0.410 e. The Morgan fingerprint density at radius 3 is 2.67 bits per heavy atom. The van der Waals surface area contributed by atoms with Crippen LogP contribution >= 0.6 is 0 Å². The fraction of sp³-hybridized carbons (Fsp3) is 0.692. The predicted octanol–water partition coefficient (Wildman–Crippen LogP) is 2.32. The molecule has 0 aliphatic heterocycles. The van der Waals surface area contributed by atoms with Crippen LogP contribution in [0.4, 0.5) is 4.79 Å². The molecule has 5 nitrogen and oxygen atoms in total. The second-order valence-electron chi connectivity index (χ2n) is 5.79. The summed E-state index contributed by atoms with van der Waals surface area (Å²) in [6.45, 7) is 6.17. The smallest absolute Gasteiger partial charge is 0.410 e. The predicted molar refractivity (Wildman–Crippen MR) is 68.0 cm³/mol. The number of ether oxygens (including phenoxy) is 1. The number of carbonyl (C=O) groups excluding carboxylic acids is 1. The molecule has 0 unspecified atom stereocenters. The number of nitrogens with zero attached hydrogens (tertiary/aromatic N) is 3. The van der Waals surface area contributed by atoms with Crippen molar-refractivity contribution in [3.63, 3.8) is 0 Å². The zero-order valence-corrected chi connectivity index (χ0v) is 11.5. The van der Waals surface area contributed by atoms with E-state index in [1.54, 1.807) is 11.1 Å². The molecule has 0 bridgehead atoms. The van der Waals surface area contributed by atoms with Crippen LogP contribution in [0.15, 0.2) is 12.4 Å². The third kappa shape index (κ3) is 3.24. The van der Waals surface area contributed by atoms with Crippen LogP contribution < -0.4 is 0 Å². The van der Waals surface area contributed by atoms with Gasteiger partial charge in [0.1, 0.15) is 11.4 Å². The molecule has 1 aliphatic carbocycles. The second kappa shape index (κ2) is 4.63. The molecular formula is C13H21N3O2. The number of rotatable bonds is 3. The first-order valence-corrected chi connectivity index (χ1v) is 6.32. The van der Waals surface area contributed by atoms with Crippen molar-refractivity contribution in [2.24, 2.45) is 7.05 Å². The van der Waals surface area contributed by atoms with Crippen molar-refractivity contribution in [3.8, 4) is 0 Å². The minimum Gasteiger partial charge on any atom is -0.444 e. The van der Waals surface area contributed by atoms with E-state index in [4.69, 9.17) is 4.74 Å². The first-order valence-electron chi connectivity index (χ1n) is 6.32. The van der Waals surface area contributed by atoms with Crippen molar-refractivity contribution >= 4 is 6.09 Å². The Balaban J connectivity index is 2.05. The summed E-state index contributed by atoms with van der Waals surface area (Å²) in [7, 11) is 1.93. The normalized spacial score (nSPS) is 15.6. The van der Waals surface area contributed by atoms with Gasteiger partial charge in [-0.15, -0.1) is 0 Å². The van der Waals surface area contributed by atoms with Crippen LogP contribution in [-0.2, 0) is 18.3 Å². The summed E-state index contributed by atoms with van der Waals surface area (Å²) in [5.74, 6) is 0.882. The lowest BCUT2D eigenvalue weighted by Gasteiger charge is -2.27. The summed E-state index contributed by atoms with van der Waals surface area (Å²) in [4.78, 5) is 18.2. The topological polar surface area (TPSA) is 47.4 Å². The molecule has 1 heterocycles. The molecular weight excluding hydrogens is 230 g/mol. The van der Waals surface area contributed by atoms with Crippen LogP contribution in [0.2, 0.25) is 0 Å². The van der Waals surface area contributed by atoms with Crippen molar-refractivity contribution in [1.82, 2.24) is 14.5 Å². The lowest BCUT2D eigenvalue weighted by atomic mass is 10.2. The number of hydrogen-bond donors (Lipinski definition) is 0. The third-order valence-corrected chi connectivity index (χ3v) is 2.85. The van der Waals surface area contributed by atoms with Crippen LogP contribution in [0.5, 0.6) is 0 Å². The van der Waals surface area contributed by atoms with Gasteiger partial charge in [0.05, 0.1) is 6.54 Å². The van der Waals surface area contributed by atoms with E-state index < -0.39 is 5.60 Å². The summed E-state index contributed by atoms with van der Waals surface area (Å²) >= 11 is 0. The van der Waals surface area contributed by atoms with Crippen molar-refractivity contribution in [2.75, 3.05) is 0 Å². The van der Waals surface area contributed by atoms with Gasteiger partial charge in [0, 0.05) is 25.5 Å². The minimum atomic E-state index is -0.453. The van der Waals surface area contributed by atoms with E-state index in [9.17, 15) is 4.79 Å². The van der Waals surface area contributed by atoms with Crippen LogP contribution in [-0.4, -0.2) is 32.2 Å². The Hall–Kier alpha value is -1.52. The number of imidazole rings is 1. The van der Waals surface area contributed by atoms with E-state index >= 15 is 0 Å². The largest absolute Gasteiger partial charge is 0.444 e. The van der Waals surface area contributed by atoms with Gasteiger partial charge in [-0.2, -0.15) is 0 Å².